The van der Waals surface area contributed by atoms with E-state index in [4.69, 9.17) is 5.26 Å². The molecule has 2 heterocycles. The van der Waals surface area contributed by atoms with E-state index in [1.165, 1.54) is 17.4 Å². The second kappa shape index (κ2) is 3.66. The third kappa shape index (κ3) is 1.39. The summed E-state index contributed by atoms with van der Waals surface area (Å²) in [5.41, 5.74) is 3.16. The van der Waals surface area contributed by atoms with Gasteiger partial charge in [-0.25, -0.2) is 0 Å². The van der Waals surface area contributed by atoms with Gasteiger partial charge in [-0.3, -0.25) is 0 Å². The minimum atomic E-state index is 0.613. The van der Waals surface area contributed by atoms with Crippen LogP contribution in [0.5, 0.6) is 0 Å². The van der Waals surface area contributed by atoms with E-state index >= 15 is 0 Å². The van der Waals surface area contributed by atoms with Gasteiger partial charge in [-0.2, -0.15) is 5.26 Å². The van der Waals surface area contributed by atoms with E-state index in [1.807, 2.05) is 12.1 Å². The molecule has 0 saturated carbocycles. The van der Waals surface area contributed by atoms with Gasteiger partial charge in [-0.15, -0.1) is 0 Å². The van der Waals surface area contributed by atoms with E-state index in [-0.39, 0.29) is 0 Å². The number of H-pyrrole nitrogens is 1. The first kappa shape index (κ1) is 9.44. The number of hydrogen-bond acceptors (Lipinski definition) is 2. The van der Waals surface area contributed by atoms with Crippen molar-refractivity contribution in [2.75, 3.05) is 13.1 Å². The first-order chi connectivity index (χ1) is 7.88. The Morgan fingerprint density at radius 2 is 2.31 bits per heavy atom. The Hall–Kier alpha value is -1.79. The first-order valence-electron chi connectivity index (χ1n) is 5.60. The summed E-state index contributed by atoms with van der Waals surface area (Å²) in [6.45, 7) is 2.17. The number of hydrogen-bond donors (Lipinski definition) is 2. The molecule has 2 N–H and O–H groups in total. The summed E-state index contributed by atoms with van der Waals surface area (Å²) in [6, 6.07) is 8.03. The van der Waals surface area contributed by atoms with Crippen LogP contribution in [0.25, 0.3) is 10.9 Å². The zero-order chi connectivity index (χ0) is 11.0. The fourth-order valence-corrected chi connectivity index (χ4v) is 2.48. The maximum Gasteiger partial charge on any atom is 0.0992 e. The average molecular weight is 211 g/mol. The Labute approximate surface area is 94.1 Å². The van der Waals surface area contributed by atoms with E-state index in [9.17, 15) is 0 Å². The highest BCUT2D eigenvalue weighted by Crippen LogP contribution is 2.29. The number of nitrogens with one attached hydrogen (secondary N) is 2. The number of nitrogens with zero attached hydrogens (tertiary/aromatic N) is 1. The molecule has 3 rings (SSSR count). The normalized spacial score (nSPS) is 20.1. The molecule has 16 heavy (non-hydrogen) atoms. The molecule has 1 aliphatic rings. The molecule has 3 nitrogen and oxygen atoms in total. The predicted molar refractivity (Wildman–Crippen MR) is 63.2 cm³/mol. The molecule has 1 fully saturated rings. The van der Waals surface area contributed by atoms with Crippen LogP contribution in [0.2, 0.25) is 0 Å². The van der Waals surface area contributed by atoms with Crippen LogP contribution in [0, 0.1) is 11.3 Å². The van der Waals surface area contributed by atoms with Crippen molar-refractivity contribution in [3.63, 3.8) is 0 Å². The number of fused-ring (bicyclic) bond motifs is 1. The molecule has 2 aromatic rings. The minimum Gasteiger partial charge on any atom is -0.361 e. The van der Waals surface area contributed by atoms with Crippen LogP contribution in [0.1, 0.15) is 23.5 Å². The number of nitriles is 1. The van der Waals surface area contributed by atoms with Gasteiger partial charge < -0.3 is 10.3 Å². The van der Waals surface area contributed by atoms with Gasteiger partial charge in [-0.05, 0) is 36.6 Å². The molecule has 1 aromatic heterocycles. The lowest BCUT2D eigenvalue weighted by atomic mass is 9.97. The van der Waals surface area contributed by atoms with Crippen LogP contribution in [0.3, 0.4) is 0 Å². The molecule has 1 unspecified atom stereocenters. The molecule has 0 radical (unpaired) electrons. The van der Waals surface area contributed by atoms with E-state index in [0.29, 0.717) is 11.5 Å². The Morgan fingerprint density at radius 3 is 3.06 bits per heavy atom. The smallest absolute Gasteiger partial charge is 0.0992 e. The van der Waals surface area contributed by atoms with Gasteiger partial charge in [0.15, 0.2) is 0 Å². The van der Waals surface area contributed by atoms with Crippen molar-refractivity contribution in [2.45, 2.75) is 12.3 Å². The molecule has 1 aliphatic heterocycles. The highest BCUT2D eigenvalue weighted by Gasteiger charge is 2.19. The van der Waals surface area contributed by atoms with Crippen LogP contribution >= 0.6 is 0 Å². The zero-order valence-corrected chi connectivity index (χ0v) is 8.96. The third-order valence-electron chi connectivity index (χ3n) is 3.34. The van der Waals surface area contributed by atoms with E-state index in [0.717, 1.165) is 18.6 Å². The highest BCUT2D eigenvalue weighted by molar-refractivity contribution is 5.85. The number of aromatic amines is 1. The van der Waals surface area contributed by atoms with Crippen molar-refractivity contribution in [2.24, 2.45) is 0 Å². The van der Waals surface area contributed by atoms with Crippen molar-refractivity contribution >= 4 is 10.9 Å². The molecule has 1 atom stereocenters. The quantitative estimate of drug-likeness (QED) is 0.759. The van der Waals surface area contributed by atoms with Crippen molar-refractivity contribution < 1.29 is 0 Å². The maximum atomic E-state index is 8.84. The number of aromatic nitrogens is 1. The summed E-state index contributed by atoms with van der Waals surface area (Å²) in [4.78, 5) is 3.26. The topological polar surface area (TPSA) is 51.6 Å². The molecular weight excluding hydrogens is 198 g/mol. The number of rotatable bonds is 1. The second-order valence-corrected chi connectivity index (χ2v) is 4.31. The molecule has 80 valence electrons. The Balaban J connectivity index is 2.10. The van der Waals surface area contributed by atoms with Gasteiger partial charge >= 0.3 is 0 Å². The Kier molecular flexibility index (Phi) is 2.16. The molecular formula is C13H13N3. The molecule has 0 amide bonds. The fraction of sp³-hybridized carbons (Fsp3) is 0.308. The highest BCUT2D eigenvalue weighted by atomic mass is 14.9. The largest absolute Gasteiger partial charge is 0.361 e. The summed E-state index contributed by atoms with van der Waals surface area (Å²) in [5.74, 6) is 0.613. The lowest BCUT2D eigenvalue weighted by Gasteiger charge is -2.06. The summed E-state index contributed by atoms with van der Waals surface area (Å²) in [7, 11) is 0. The summed E-state index contributed by atoms with van der Waals surface area (Å²) in [6.07, 6.45) is 3.29. The van der Waals surface area contributed by atoms with E-state index in [2.05, 4.69) is 28.6 Å². The van der Waals surface area contributed by atoms with Crippen LogP contribution in [-0.2, 0) is 0 Å². The molecule has 1 saturated heterocycles. The monoisotopic (exact) mass is 211 g/mol. The van der Waals surface area contributed by atoms with E-state index < -0.39 is 0 Å². The summed E-state index contributed by atoms with van der Waals surface area (Å²) >= 11 is 0. The first-order valence-corrected chi connectivity index (χ1v) is 5.60. The van der Waals surface area contributed by atoms with Crippen LogP contribution < -0.4 is 5.32 Å². The molecule has 0 spiro atoms. The van der Waals surface area contributed by atoms with Crippen molar-refractivity contribution in [1.29, 1.82) is 5.26 Å². The summed E-state index contributed by atoms with van der Waals surface area (Å²) in [5, 5.41) is 13.5. The lowest BCUT2D eigenvalue weighted by Crippen LogP contribution is -2.07. The molecule has 0 aliphatic carbocycles. The van der Waals surface area contributed by atoms with Gasteiger partial charge in [0.25, 0.3) is 0 Å². The van der Waals surface area contributed by atoms with Crippen LogP contribution in [0.15, 0.2) is 24.4 Å². The van der Waals surface area contributed by atoms with Crippen LogP contribution in [-0.4, -0.2) is 18.1 Å². The van der Waals surface area contributed by atoms with Gasteiger partial charge in [0, 0.05) is 23.6 Å². The standard InChI is InChI=1S/C13H13N3/c14-6-9-1-2-11-12(8-16-13(11)5-9)10-3-4-15-7-10/h1-2,5,8,10,15-16H,3-4,7H2. The van der Waals surface area contributed by atoms with Gasteiger partial charge in [0.05, 0.1) is 11.6 Å². The second-order valence-electron chi connectivity index (χ2n) is 4.31. The molecule has 3 heteroatoms. The number of benzene rings is 1. The Bertz CT molecular complexity index is 556. The van der Waals surface area contributed by atoms with Crippen LogP contribution in [0.4, 0.5) is 0 Å². The van der Waals surface area contributed by atoms with Crippen molar-refractivity contribution in [1.82, 2.24) is 10.3 Å². The molecule has 1 aromatic carbocycles. The van der Waals surface area contributed by atoms with Crippen molar-refractivity contribution in [3.05, 3.63) is 35.5 Å². The van der Waals surface area contributed by atoms with Crippen molar-refractivity contribution in [3.8, 4) is 6.07 Å². The predicted octanol–water partition coefficient (Wildman–Crippen LogP) is 2.12. The maximum absolute atomic E-state index is 8.84. The van der Waals surface area contributed by atoms with Gasteiger partial charge in [0.2, 0.25) is 0 Å². The van der Waals surface area contributed by atoms with E-state index in [1.54, 1.807) is 0 Å². The molecule has 0 bridgehead atoms. The third-order valence-corrected chi connectivity index (χ3v) is 3.34. The van der Waals surface area contributed by atoms with Gasteiger partial charge in [0.1, 0.15) is 0 Å². The summed E-state index contributed by atoms with van der Waals surface area (Å²) < 4.78 is 0. The SMILES string of the molecule is N#Cc1ccc2c(C3CCNC3)c[nH]c2c1. The lowest BCUT2D eigenvalue weighted by molar-refractivity contribution is 0.769. The Morgan fingerprint density at radius 1 is 1.38 bits per heavy atom. The van der Waals surface area contributed by atoms with Gasteiger partial charge in [-0.1, -0.05) is 6.07 Å². The fourth-order valence-electron chi connectivity index (χ4n) is 2.48. The minimum absolute atomic E-state index is 0.613. The zero-order valence-electron chi connectivity index (χ0n) is 8.96. The average Bonchev–Trinajstić information content (AvgIpc) is 2.96.